The minimum atomic E-state index is -0.643. The van der Waals surface area contributed by atoms with Crippen LogP contribution in [0.25, 0.3) is 0 Å². The third kappa shape index (κ3) is 8.32. The van der Waals surface area contributed by atoms with Gasteiger partial charge in [0, 0.05) is 21.3 Å². The van der Waals surface area contributed by atoms with Crippen LogP contribution in [0.15, 0.2) is 81.5 Å². The molecule has 1 heterocycles. The largest absolute Gasteiger partial charge is 0.493 e. The summed E-state index contributed by atoms with van der Waals surface area (Å²) in [5, 5.41) is 10.4. The number of nitrogens with zero attached hydrogens (tertiary/aromatic N) is 1. The van der Waals surface area contributed by atoms with Crippen molar-refractivity contribution in [3.8, 4) is 17.2 Å². The molecule has 1 aliphatic rings. The van der Waals surface area contributed by atoms with Crippen LogP contribution in [0, 0.1) is 5.82 Å². The first kappa shape index (κ1) is 32.4. The Kier molecular flexibility index (Phi) is 11.3. The number of hydrogen-bond donors (Lipinski definition) is 3. The fourth-order valence-corrected chi connectivity index (χ4v) is 4.97. The highest BCUT2D eigenvalue weighted by Gasteiger charge is 2.32. The van der Waals surface area contributed by atoms with E-state index >= 15 is 0 Å². The molecule has 1 atom stereocenters. The second kappa shape index (κ2) is 15.3. The number of thiocarbonyl (C=S) groups is 1. The molecule has 3 aromatic rings. The van der Waals surface area contributed by atoms with E-state index in [-0.39, 0.29) is 25.6 Å². The van der Waals surface area contributed by atoms with Gasteiger partial charge in [0.1, 0.15) is 18.2 Å². The summed E-state index contributed by atoms with van der Waals surface area (Å²) in [7, 11) is 1.51. The number of hydrazone groups is 1. The molecule has 10 nitrogen and oxygen atoms in total. The van der Waals surface area contributed by atoms with E-state index in [1.54, 1.807) is 62.4 Å². The monoisotopic (exact) mass is 684 g/mol. The van der Waals surface area contributed by atoms with Crippen molar-refractivity contribution in [3.63, 3.8) is 0 Å². The lowest BCUT2D eigenvalue weighted by Crippen LogP contribution is -2.45. The first-order chi connectivity index (χ1) is 21.2. The number of nitrogens with one attached hydrogen (secondary N) is 3. The number of para-hydroxylation sites is 1. The first-order valence-corrected chi connectivity index (χ1v) is 14.6. The van der Waals surface area contributed by atoms with E-state index in [9.17, 15) is 14.0 Å². The molecule has 3 aromatic carbocycles. The standard InChI is InChI=1S/C31H30BrFN4O6S/c1-4-41-30(39)28-18(2)35-31(44)36-29(28)22-7-5-6-8-24(22)43-17-27(38)37-34-15-20-13-25(40-3)26(14-23(20)32)42-16-19-9-11-21(33)12-10-19/h5-15,29H,4,16-17H2,1-3H3,(H,37,38)(H2,35,36,44)/t29-/m1/s1. The van der Waals surface area contributed by atoms with Gasteiger partial charge in [0.2, 0.25) is 0 Å². The highest BCUT2D eigenvalue weighted by Crippen LogP contribution is 2.35. The number of rotatable bonds is 12. The number of carbonyl (C=O) groups excluding carboxylic acids is 2. The summed E-state index contributed by atoms with van der Waals surface area (Å²) < 4.78 is 36.2. The molecule has 1 amide bonds. The van der Waals surface area contributed by atoms with Gasteiger partial charge < -0.3 is 29.6 Å². The van der Waals surface area contributed by atoms with Crippen molar-refractivity contribution in [1.29, 1.82) is 0 Å². The number of benzene rings is 3. The lowest BCUT2D eigenvalue weighted by Gasteiger charge is -2.30. The van der Waals surface area contributed by atoms with Gasteiger partial charge in [-0.25, -0.2) is 14.6 Å². The zero-order chi connectivity index (χ0) is 31.6. The van der Waals surface area contributed by atoms with Crippen molar-refractivity contribution in [3.05, 3.63) is 98.9 Å². The molecule has 4 rings (SSSR count). The van der Waals surface area contributed by atoms with E-state index in [4.69, 9.17) is 31.2 Å². The normalized spacial score (nSPS) is 14.5. The number of ether oxygens (including phenoxy) is 4. The van der Waals surface area contributed by atoms with Gasteiger partial charge in [-0.1, -0.05) is 30.3 Å². The SMILES string of the molecule is CCOC(=O)C1=C(C)NC(=S)N[C@@H]1c1ccccc1OCC(=O)NN=Cc1cc(OC)c(OCc2ccc(F)cc2)cc1Br. The summed E-state index contributed by atoms with van der Waals surface area (Å²) in [6.45, 7) is 3.55. The maximum atomic E-state index is 13.2. The molecule has 44 heavy (non-hydrogen) atoms. The number of carbonyl (C=O) groups is 2. The lowest BCUT2D eigenvalue weighted by atomic mass is 9.95. The van der Waals surface area contributed by atoms with Gasteiger partial charge in [0.25, 0.3) is 5.91 Å². The number of hydrogen-bond acceptors (Lipinski definition) is 8. The molecule has 0 bridgehead atoms. The van der Waals surface area contributed by atoms with Gasteiger partial charge in [-0.15, -0.1) is 0 Å². The summed E-state index contributed by atoms with van der Waals surface area (Å²) in [6, 6.07) is 15.8. The van der Waals surface area contributed by atoms with E-state index in [0.29, 0.717) is 49.2 Å². The molecule has 230 valence electrons. The number of esters is 1. The highest BCUT2D eigenvalue weighted by atomic mass is 79.9. The summed E-state index contributed by atoms with van der Waals surface area (Å²) in [6.07, 6.45) is 1.45. The summed E-state index contributed by atoms with van der Waals surface area (Å²) in [4.78, 5) is 25.3. The van der Waals surface area contributed by atoms with Crippen molar-refractivity contribution in [2.45, 2.75) is 26.5 Å². The number of methoxy groups -OCH3 is 1. The molecule has 0 unspecified atom stereocenters. The van der Waals surface area contributed by atoms with Gasteiger partial charge in [-0.3, -0.25) is 4.79 Å². The molecule has 0 fully saturated rings. The predicted molar refractivity (Wildman–Crippen MR) is 170 cm³/mol. The van der Waals surface area contributed by atoms with E-state index in [1.807, 2.05) is 0 Å². The maximum Gasteiger partial charge on any atom is 0.338 e. The molecule has 0 saturated heterocycles. The zero-order valence-corrected chi connectivity index (χ0v) is 26.5. The van der Waals surface area contributed by atoms with Crippen molar-refractivity contribution in [1.82, 2.24) is 16.1 Å². The minimum Gasteiger partial charge on any atom is -0.493 e. The molecule has 0 radical (unpaired) electrons. The minimum absolute atomic E-state index is 0.213. The van der Waals surface area contributed by atoms with Gasteiger partial charge in [0.15, 0.2) is 23.2 Å². The number of amides is 1. The first-order valence-electron chi connectivity index (χ1n) is 13.4. The van der Waals surface area contributed by atoms with Gasteiger partial charge >= 0.3 is 5.97 Å². The smallest absolute Gasteiger partial charge is 0.338 e. The molecule has 0 spiro atoms. The third-order valence-electron chi connectivity index (χ3n) is 6.34. The van der Waals surface area contributed by atoms with E-state index in [0.717, 1.165) is 5.56 Å². The van der Waals surface area contributed by atoms with E-state index < -0.39 is 17.9 Å². The van der Waals surface area contributed by atoms with E-state index in [2.05, 4.69) is 37.1 Å². The fourth-order valence-electron chi connectivity index (χ4n) is 4.27. The molecule has 0 saturated carbocycles. The maximum absolute atomic E-state index is 13.2. The van der Waals surface area contributed by atoms with Crippen LogP contribution in [0.3, 0.4) is 0 Å². The molecule has 3 N–H and O–H groups in total. The topological polar surface area (TPSA) is 120 Å². The van der Waals surface area contributed by atoms with Crippen molar-refractivity contribution in [2.75, 3.05) is 20.3 Å². The molecular weight excluding hydrogens is 655 g/mol. The predicted octanol–water partition coefficient (Wildman–Crippen LogP) is 5.06. The quantitative estimate of drug-likeness (QED) is 0.104. The molecular formula is C31H30BrFN4O6S. The van der Waals surface area contributed by atoms with Crippen LogP contribution in [0.2, 0.25) is 0 Å². The van der Waals surface area contributed by atoms with Gasteiger partial charge in [-0.05, 0) is 77.9 Å². The summed E-state index contributed by atoms with van der Waals surface area (Å²) in [5.74, 6) is -0.0261. The number of halogens is 2. The van der Waals surface area contributed by atoms with Crippen LogP contribution in [-0.2, 0) is 20.9 Å². The fraction of sp³-hybridized carbons (Fsp3) is 0.226. The van der Waals surface area contributed by atoms with Gasteiger partial charge in [0.05, 0.1) is 31.5 Å². The second-order valence-corrected chi connectivity index (χ2v) is 10.6. The van der Waals surface area contributed by atoms with Crippen molar-refractivity contribution >= 4 is 51.4 Å². The Morgan fingerprint density at radius 2 is 1.84 bits per heavy atom. The molecule has 1 aliphatic heterocycles. The highest BCUT2D eigenvalue weighted by molar-refractivity contribution is 9.10. The van der Waals surface area contributed by atoms with Crippen LogP contribution >= 0.6 is 28.1 Å². The molecule has 0 aromatic heterocycles. The Labute approximate surface area is 267 Å². The van der Waals surface area contributed by atoms with Crippen LogP contribution in [-0.4, -0.2) is 43.5 Å². The van der Waals surface area contributed by atoms with Crippen molar-refractivity contribution in [2.24, 2.45) is 5.10 Å². The Balaban J connectivity index is 1.39. The average Bonchev–Trinajstić information content (AvgIpc) is 3.00. The van der Waals surface area contributed by atoms with Crippen LogP contribution < -0.4 is 30.3 Å². The third-order valence-corrected chi connectivity index (χ3v) is 7.24. The van der Waals surface area contributed by atoms with Gasteiger partial charge in [-0.2, -0.15) is 5.10 Å². The Morgan fingerprint density at radius 1 is 1.09 bits per heavy atom. The van der Waals surface area contributed by atoms with Crippen molar-refractivity contribution < 1.29 is 32.9 Å². The van der Waals surface area contributed by atoms with Crippen LogP contribution in [0.4, 0.5) is 4.39 Å². The van der Waals surface area contributed by atoms with Crippen LogP contribution in [0.5, 0.6) is 17.2 Å². The lowest BCUT2D eigenvalue weighted by molar-refractivity contribution is -0.139. The molecule has 13 heteroatoms. The average molecular weight is 686 g/mol. The van der Waals surface area contributed by atoms with Crippen LogP contribution in [0.1, 0.15) is 36.6 Å². The zero-order valence-electron chi connectivity index (χ0n) is 24.1. The Bertz CT molecular complexity index is 1600. The second-order valence-electron chi connectivity index (χ2n) is 9.35. The summed E-state index contributed by atoms with van der Waals surface area (Å²) in [5.41, 5.74) is 5.38. The molecule has 0 aliphatic carbocycles. The number of allylic oxidation sites excluding steroid dienone is 1. The Morgan fingerprint density at radius 3 is 2.57 bits per heavy atom. The summed E-state index contributed by atoms with van der Waals surface area (Å²) >= 11 is 8.80. The van der Waals surface area contributed by atoms with E-state index in [1.165, 1.54) is 25.5 Å². The Hall–Kier alpha value is -4.49.